The van der Waals surface area contributed by atoms with Crippen LogP contribution in [0.2, 0.25) is 0 Å². The number of aliphatic carboxylic acids is 1. The van der Waals surface area contributed by atoms with Gasteiger partial charge in [0.15, 0.2) is 0 Å². The number of ether oxygens (including phenoxy) is 2. The number of hydrogen-bond acceptors (Lipinski definition) is 5. The molecule has 2 aromatic carbocycles. The molecular weight excluding hydrogens is 422 g/mol. The molecule has 0 unspecified atom stereocenters. The maximum atomic E-state index is 12.6. The average Bonchev–Trinajstić information content (AvgIpc) is 3.07. The predicted molar refractivity (Wildman–Crippen MR) is 124 cm³/mol. The van der Waals surface area contributed by atoms with Crippen LogP contribution in [0.25, 0.3) is 11.1 Å². The molecule has 3 rings (SSSR count). The number of esters is 1. The summed E-state index contributed by atoms with van der Waals surface area (Å²) in [7, 11) is 0. The summed E-state index contributed by atoms with van der Waals surface area (Å²) in [5.74, 6) is -1.54. The third-order valence-corrected chi connectivity index (χ3v) is 5.46. The van der Waals surface area contributed by atoms with E-state index in [9.17, 15) is 14.4 Å². The molecule has 0 saturated carbocycles. The van der Waals surface area contributed by atoms with Gasteiger partial charge in [-0.2, -0.15) is 0 Å². The van der Waals surface area contributed by atoms with Gasteiger partial charge < -0.3 is 19.9 Å². The lowest BCUT2D eigenvalue weighted by Crippen LogP contribution is -2.44. The Labute approximate surface area is 194 Å². The molecule has 33 heavy (non-hydrogen) atoms. The molecule has 0 heterocycles. The van der Waals surface area contributed by atoms with Gasteiger partial charge >= 0.3 is 18.0 Å². The number of hydrogen-bond donors (Lipinski definition) is 2. The molecular formula is C26H31NO6. The number of amides is 1. The van der Waals surface area contributed by atoms with Crippen molar-refractivity contribution in [2.45, 2.75) is 64.0 Å². The van der Waals surface area contributed by atoms with Crippen LogP contribution >= 0.6 is 0 Å². The van der Waals surface area contributed by atoms with Crippen LogP contribution in [0.15, 0.2) is 48.5 Å². The lowest BCUT2D eigenvalue weighted by Gasteiger charge is -2.24. The molecule has 0 fully saturated rings. The van der Waals surface area contributed by atoms with Gasteiger partial charge in [-0.1, -0.05) is 55.0 Å². The summed E-state index contributed by atoms with van der Waals surface area (Å²) in [5.41, 5.74) is 3.76. The van der Waals surface area contributed by atoms with Crippen molar-refractivity contribution in [3.63, 3.8) is 0 Å². The molecule has 2 N–H and O–H groups in total. The third-order valence-electron chi connectivity index (χ3n) is 5.46. The van der Waals surface area contributed by atoms with Gasteiger partial charge in [0, 0.05) is 12.3 Å². The van der Waals surface area contributed by atoms with E-state index in [1.807, 2.05) is 36.4 Å². The van der Waals surface area contributed by atoms with Crippen molar-refractivity contribution in [3.8, 4) is 11.1 Å². The summed E-state index contributed by atoms with van der Waals surface area (Å²) in [5, 5.41) is 11.4. The van der Waals surface area contributed by atoms with E-state index in [0.29, 0.717) is 12.8 Å². The summed E-state index contributed by atoms with van der Waals surface area (Å²) in [6.45, 7) is 5.39. The Kier molecular flexibility index (Phi) is 7.74. The molecule has 1 amide bonds. The Morgan fingerprint density at radius 3 is 2.09 bits per heavy atom. The lowest BCUT2D eigenvalue weighted by molar-refractivity contribution is -0.157. The molecule has 1 aliphatic carbocycles. The van der Waals surface area contributed by atoms with E-state index < -0.39 is 29.7 Å². The second-order valence-electron chi connectivity index (χ2n) is 9.20. The maximum Gasteiger partial charge on any atom is 0.407 e. The van der Waals surface area contributed by atoms with Gasteiger partial charge in [-0.05, 0) is 55.9 Å². The number of carbonyl (C=O) groups excluding carboxylic acids is 2. The van der Waals surface area contributed by atoms with E-state index in [2.05, 4.69) is 17.4 Å². The van der Waals surface area contributed by atoms with Crippen molar-refractivity contribution in [2.75, 3.05) is 6.61 Å². The fourth-order valence-electron chi connectivity index (χ4n) is 4.03. The van der Waals surface area contributed by atoms with Gasteiger partial charge in [-0.25, -0.2) is 9.59 Å². The van der Waals surface area contributed by atoms with Gasteiger partial charge in [0.2, 0.25) is 0 Å². The highest BCUT2D eigenvalue weighted by Gasteiger charge is 2.30. The minimum Gasteiger partial charge on any atom is -0.481 e. The standard InChI is InChI=1S/C26H31NO6/c1-26(2,3)33-24(30)22(14-8-9-15-23(28)29)27-25(31)32-16-21-19-12-6-4-10-17(19)18-11-5-7-13-20(18)21/h4-7,10-13,21-22H,8-9,14-16H2,1-3H3,(H,27,31)(H,28,29)/t22-/m0/s1. The first-order valence-electron chi connectivity index (χ1n) is 11.2. The number of fused-ring (bicyclic) bond motifs is 3. The topological polar surface area (TPSA) is 102 Å². The van der Waals surface area contributed by atoms with Crippen molar-refractivity contribution in [1.82, 2.24) is 5.32 Å². The monoisotopic (exact) mass is 453 g/mol. The van der Waals surface area contributed by atoms with E-state index in [1.165, 1.54) is 0 Å². The lowest BCUT2D eigenvalue weighted by atomic mass is 9.98. The average molecular weight is 454 g/mol. The maximum absolute atomic E-state index is 12.6. The van der Waals surface area contributed by atoms with Crippen LogP contribution in [0, 0.1) is 0 Å². The molecule has 1 aliphatic rings. The zero-order chi connectivity index (χ0) is 24.0. The second kappa shape index (κ2) is 10.5. The minimum absolute atomic E-state index is 0.00594. The molecule has 0 spiro atoms. The van der Waals surface area contributed by atoms with E-state index in [4.69, 9.17) is 14.6 Å². The Balaban J connectivity index is 1.63. The number of carboxylic acid groups (broad SMARTS) is 1. The van der Waals surface area contributed by atoms with Crippen LogP contribution in [-0.2, 0) is 19.1 Å². The molecule has 0 saturated heterocycles. The first-order chi connectivity index (χ1) is 15.7. The summed E-state index contributed by atoms with van der Waals surface area (Å²) >= 11 is 0. The first-order valence-corrected chi connectivity index (χ1v) is 11.2. The van der Waals surface area contributed by atoms with E-state index in [-0.39, 0.29) is 25.4 Å². The van der Waals surface area contributed by atoms with Gasteiger partial charge in [-0.15, -0.1) is 0 Å². The Morgan fingerprint density at radius 2 is 1.55 bits per heavy atom. The minimum atomic E-state index is -0.909. The van der Waals surface area contributed by atoms with Crippen molar-refractivity contribution in [3.05, 3.63) is 59.7 Å². The highest BCUT2D eigenvalue weighted by atomic mass is 16.6. The molecule has 0 aromatic heterocycles. The highest BCUT2D eigenvalue weighted by molar-refractivity contribution is 5.82. The molecule has 2 aromatic rings. The number of carboxylic acids is 1. The van der Waals surface area contributed by atoms with Crippen molar-refractivity contribution < 1.29 is 29.0 Å². The van der Waals surface area contributed by atoms with Gasteiger partial charge in [0.05, 0.1) is 0 Å². The number of benzene rings is 2. The highest BCUT2D eigenvalue weighted by Crippen LogP contribution is 2.44. The molecule has 0 bridgehead atoms. The second-order valence-corrected chi connectivity index (χ2v) is 9.20. The Morgan fingerprint density at radius 1 is 0.970 bits per heavy atom. The fourth-order valence-corrected chi connectivity index (χ4v) is 4.03. The molecule has 1 atom stereocenters. The van der Waals surface area contributed by atoms with Crippen LogP contribution in [0.4, 0.5) is 4.79 Å². The largest absolute Gasteiger partial charge is 0.481 e. The SMILES string of the molecule is CC(C)(C)OC(=O)[C@H](CCCCC(=O)O)NC(=O)OCC1c2ccccc2-c2ccccc21. The summed E-state index contributed by atoms with van der Waals surface area (Å²) in [6.07, 6.45) is 0.435. The normalized spacial score (nSPS) is 13.5. The molecule has 7 nitrogen and oxygen atoms in total. The van der Waals surface area contributed by atoms with Crippen LogP contribution in [0.5, 0.6) is 0 Å². The fraction of sp³-hybridized carbons (Fsp3) is 0.423. The molecule has 176 valence electrons. The van der Waals surface area contributed by atoms with E-state index >= 15 is 0 Å². The number of carbonyl (C=O) groups is 3. The van der Waals surface area contributed by atoms with Crippen molar-refractivity contribution in [1.29, 1.82) is 0 Å². The van der Waals surface area contributed by atoms with Crippen LogP contribution in [0.3, 0.4) is 0 Å². The zero-order valence-corrected chi connectivity index (χ0v) is 19.3. The number of nitrogens with one attached hydrogen (secondary N) is 1. The number of alkyl carbamates (subject to hydrolysis) is 1. The van der Waals surface area contributed by atoms with Crippen LogP contribution < -0.4 is 5.32 Å². The van der Waals surface area contributed by atoms with Crippen molar-refractivity contribution >= 4 is 18.0 Å². The van der Waals surface area contributed by atoms with Gasteiger partial charge in [0.25, 0.3) is 0 Å². The zero-order valence-electron chi connectivity index (χ0n) is 19.3. The summed E-state index contributed by atoms with van der Waals surface area (Å²) < 4.78 is 11.0. The summed E-state index contributed by atoms with van der Waals surface area (Å²) in [6, 6.07) is 15.2. The Hall–Kier alpha value is -3.35. The summed E-state index contributed by atoms with van der Waals surface area (Å²) in [4.78, 5) is 36.0. The molecule has 0 aliphatic heterocycles. The predicted octanol–water partition coefficient (Wildman–Crippen LogP) is 4.88. The number of rotatable bonds is 9. The van der Waals surface area contributed by atoms with Gasteiger partial charge in [-0.3, -0.25) is 4.79 Å². The smallest absolute Gasteiger partial charge is 0.407 e. The third kappa shape index (κ3) is 6.57. The number of unbranched alkanes of at least 4 members (excludes halogenated alkanes) is 1. The van der Waals surface area contributed by atoms with Crippen LogP contribution in [-0.4, -0.2) is 41.4 Å². The van der Waals surface area contributed by atoms with Crippen LogP contribution in [0.1, 0.15) is 63.5 Å². The first kappa shape index (κ1) is 24.3. The molecule has 0 radical (unpaired) electrons. The Bertz CT molecular complexity index is 964. The van der Waals surface area contributed by atoms with Crippen molar-refractivity contribution in [2.24, 2.45) is 0 Å². The molecule has 7 heteroatoms. The van der Waals surface area contributed by atoms with Gasteiger partial charge in [0.1, 0.15) is 18.2 Å². The van der Waals surface area contributed by atoms with E-state index in [1.54, 1.807) is 20.8 Å². The van der Waals surface area contributed by atoms with E-state index in [0.717, 1.165) is 22.3 Å². The quantitative estimate of drug-likeness (QED) is 0.414.